The van der Waals surface area contributed by atoms with Crippen molar-refractivity contribution in [2.24, 2.45) is 5.41 Å². The third-order valence-electron chi connectivity index (χ3n) is 3.57. The number of benzene rings is 1. The van der Waals surface area contributed by atoms with Gasteiger partial charge in [-0.2, -0.15) is 13.2 Å². The highest BCUT2D eigenvalue weighted by Crippen LogP contribution is 2.26. The lowest BCUT2D eigenvalue weighted by molar-refractivity contribution is -0.163. The summed E-state index contributed by atoms with van der Waals surface area (Å²) in [5.74, 6) is -0.557. The van der Waals surface area contributed by atoms with Crippen LogP contribution in [-0.2, 0) is 11.2 Å². The molecular formula is C19H23F3N2OS. The van der Waals surface area contributed by atoms with Crippen molar-refractivity contribution in [3.8, 4) is 10.6 Å². The van der Waals surface area contributed by atoms with Gasteiger partial charge in [-0.1, -0.05) is 50.6 Å². The molecule has 1 amide bonds. The predicted octanol–water partition coefficient (Wildman–Crippen LogP) is 5.10. The Bertz CT molecular complexity index is 729. The van der Waals surface area contributed by atoms with Crippen LogP contribution < -0.4 is 0 Å². The maximum atomic E-state index is 12.8. The molecule has 1 aromatic heterocycles. The molecule has 0 saturated heterocycles. The minimum atomic E-state index is -4.42. The summed E-state index contributed by atoms with van der Waals surface area (Å²) in [7, 11) is 0. The molecule has 0 N–H and O–H groups in total. The van der Waals surface area contributed by atoms with Gasteiger partial charge in [0.15, 0.2) is 0 Å². The maximum absolute atomic E-state index is 12.8. The molecule has 3 nitrogen and oxygen atoms in total. The number of halogens is 3. The van der Waals surface area contributed by atoms with Gasteiger partial charge in [-0.3, -0.25) is 4.79 Å². The number of hydrogen-bond acceptors (Lipinski definition) is 3. The number of hydrogen-bond donors (Lipinski definition) is 0. The molecule has 0 fully saturated rings. The SMILES string of the molecule is Cc1ccc(-c2nc(CC(=O)N(CC(C)(C)C)CC(F)(F)F)cs2)cc1. The van der Waals surface area contributed by atoms with E-state index in [-0.39, 0.29) is 13.0 Å². The lowest BCUT2D eigenvalue weighted by atomic mass is 9.96. The van der Waals surface area contributed by atoms with Crippen molar-refractivity contribution in [3.63, 3.8) is 0 Å². The second-order valence-electron chi connectivity index (χ2n) is 7.61. The summed E-state index contributed by atoms with van der Waals surface area (Å²) in [6.07, 6.45) is -4.55. The number of alkyl halides is 3. The van der Waals surface area contributed by atoms with Gasteiger partial charge in [0.2, 0.25) is 5.91 Å². The molecule has 7 heteroatoms. The van der Waals surface area contributed by atoms with Crippen molar-refractivity contribution < 1.29 is 18.0 Å². The quantitative estimate of drug-likeness (QED) is 0.719. The Morgan fingerprint density at radius 2 is 1.73 bits per heavy atom. The molecule has 0 spiro atoms. The molecule has 0 aliphatic heterocycles. The minimum absolute atomic E-state index is 0.0420. The average Bonchev–Trinajstić information content (AvgIpc) is 2.93. The first kappa shape index (κ1) is 20.4. The zero-order valence-electron chi connectivity index (χ0n) is 15.4. The van der Waals surface area contributed by atoms with Crippen molar-refractivity contribution in [2.45, 2.75) is 40.3 Å². The fraction of sp³-hybridized carbons (Fsp3) is 0.474. The maximum Gasteiger partial charge on any atom is 0.406 e. The molecule has 2 aromatic rings. The molecule has 26 heavy (non-hydrogen) atoms. The number of carbonyl (C=O) groups excluding carboxylic acids is 1. The van der Waals surface area contributed by atoms with E-state index in [9.17, 15) is 18.0 Å². The zero-order chi connectivity index (χ0) is 19.5. The van der Waals surface area contributed by atoms with Gasteiger partial charge in [-0.05, 0) is 12.3 Å². The zero-order valence-corrected chi connectivity index (χ0v) is 16.2. The van der Waals surface area contributed by atoms with Crippen molar-refractivity contribution in [1.29, 1.82) is 0 Å². The smallest absolute Gasteiger partial charge is 0.333 e. The van der Waals surface area contributed by atoms with Gasteiger partial charge >= 0.3 is 6.18 Å². The van der Waals surface area contributed by atoms with E-state index in [1.165, 1.54) is 11.3 Å². The number of thiazole rings is 1. The third kappa shape index (κ3) is 6.44. The Kier molecular flexibility index (Phi) is 6.11. The Balaban J connectivity index is 2.12. The first-order valence-electron chi connectivity index (χ1n) is 8.29. The Morgan fingerprint density at radius 1 is 1.12 bits per heavy atom. The van der Waals surface area contributed by atoms with E-state index >= 15 is 0 Å². The summed E-state index contributed by atoms with van der Waals surface area (Å²) in [6.45, 7) is 6.21. The number of aryl methyl sites for hydroxylation is 1. The van der Waals surface area contributed by atoms with E-state index in [4.69, 9.17) is 0 Å². The van der Waals surface area contributed by atoms with Crippen LogP contribution >= 0.6 is 11.3 Å². The number of amides is 1. The Labute approximate surface area is 155 Å². The Hall–Kier alpha value is -1.89. The highest BCUT2D eigenvalue weighted by atomic mass is 32.1. The first-order valence-corrected chi connectivity index (χ1v) is 9.17. The largest absolute Gasteiger partial charge is 0.406 e. The van der Waals surface area contributed by atoms with E-state index in [2.05, 4.69) is 4.98 Å². The minimum Gasteiger partial charge on any atom is -0.333 e. The van der Waals surface area contributed by atoms with E-state index in [0.29, 0.717) is 5.69 Å². The van der Waals surface area contributed by atoms with Gasteiger partial charge in [0.25, 0.3) is 0 Å². The molecule has 0 aliphatic carbocycles. The highest BCUT2D eigenvalue weighted by Gasteiger charge is 2.34. The number of rotatable bonds is 5. The number of carbonyl (C=O) groups is 1. The lowest BCUT2D eigenvalue weighted by Crippen LogP contribution is -2.44. The van der Waals surface area contributed by atoms with Gasteiger partial charge in [-0.25, -0.2) is 4.98 Å². The van der Waals surface area contributed by atoms with Crippen LogP contribution in [0.4, 0.5) is 13.2 Å². The average molecular weight is 384 g/mol. The predicted molar refractivity (Wildman–Crippen MR) is 98.1 cm³/mol. The van der Waals surface area contributed by atoms with E-state index in [0.717, 1.165) is 21.0 Å². The van der Waals surface area contributed by atoms with Crippen LogP contribution in [0.25, 0.3) is 10.6 Å². The van der Waals surface area contributed by atoms with Crippen LogP contribution in [0.5, 0.6) is 0 Å². The summed E-state index contributed by atoms with van der Waals surface area (Å²) in [6, 6.07) is 7.82. The molecule has 1 aromatic carbocycles. The molecule has 0 saturated carbocycles. The van der Waals surface area contributed by atoms with Gasteiger partial charge in [0, 0.05) is 17.5 Å². The summed E-state index contributed by atoms with van der Waals surface area (Å²) < 4.78 is 38.5. The summed E-state index contributed by atoms with van der Waals surface area (Å²) in [4.78, 5) is 17.7. The summed E-state index contributed by atoms with van der Waals surface area (Å²) in [5.41, 5.74) is 2.14. The van der Waals surface area contributed by atoms with Crippen LogP contribution in [0, 0.1) is 12.3 Å². The molecular weight excluding hydrogens is 361 g/mol. The van der Waals surface area contributed by atoms with E-state index < -0.39 is 24.0 Å². The molecule has 0 aliphatic rings. The molecule has 0 atom stereocenters. The van der Waals surface area contributed by atoms with Crippen molar-refractivity contribution in [1.82, 2.24) is 9.88 Å². The van der Waals surface area contributed by atoms with Gasteiger partial charge in [0.05, 0.1) is 12.1 Å². The summed E-state index contributed by atoms with van der Waals surface area (Å²) in [5, 5.41) is 2.49. The highest BCUT2D eigenvalue weighted by molar-refractivity contribution is 7.13. The molecule has 2 rings (SSSR count). The molecule has 0 radical (unpaired) electrons. The molecule has 1 heterocycles. The molecule has 142 valence electrons. The van der Waals surface area contributed by atoms with Gasteiger partial charge < -0.3 is 4.90 Å². The summed E-state index contributed by atoms with van der Waals surface area (Å²) >= 11 is 1.38. The van der Waals surface area contributed by atoms with Crippen molar-refractivity contribution in [3.05, 3.63) is 40.9 Å². The van der Waals surface area contributed by atoms with Crippen LogP contribution in [0.2, 0.25) is 0 Å². The number of nitrogens with zero attached hydrogens (tertiary/aromatic N) is 2. The fourth-order valence-corrected chi connectivity index (χ4v) is 3.33. The third-order valence-corrected chi connectivity index (χ3v) is 4.51. The monoisotopic (exact) mass is 384 g/mol. The normalized spacial score (nSPS) is 12.3. The van der Waals surface area contributed by atoms with Crippen LogP contribution in [0.1, 0.15) is 32.0 Å². The Morgan fingerprint density at radius 3 is 2.27 bits per heavy atom. The first-order chi connectivity index (χ1) is 11.9. The van der Waals surface area contributed by atoms with Crippen LogP contribution in [-0.4, -0.2) is 35.1 Å². The number of aromatic nitrogens is 1. The van der Waals surface area contributed by atoms with E-state index in [1.54, 1.807) is 5.38 Å². The van der Waals surface area contributed by atoms with Crippen LogP contribution in [0.3, 0.4) is 0 Å². The van der Waals surface area contributed by atoms with Gasteiger partial charge in [-0.15, -0.1) is 11.3 Å². The van der Waals surface area contributed by atoms with E-state index in [1.807, 2.05) is 52.0 Å². The van der Waals surface area contributed by atoms with Gasteiger partial charge in [0.1, 0.15) is 11.6 Å². The second kappa shape index (κ2) is 7.78. The standard InChI is InChI=1S/C19H23F3N2OS/c1-13-5-7-14(8-6-13)17-23-15(10-26-17)9-16(25)24(11-18(2,3)4)12-19(20,21)22/h5-8,10H,9,11-12H2,1-4H3. The fourth-order valence-electron chi connectivity index (χ4n) is 2.50. The second-order valence-corrected chi connectivity index (χ2v) is 8.47. The molecule has 0 bridgehead atoms. The van der Waals surface area contributed by atoms with Crippen molar-refractivity contribution >= 4 is 17.2 Å². The lowest BCUT2D eigenvalue weighted by Gasteiger charge is -2.30. The molecule has 0 unspecified atom stereocenters. The van der Waals surface area contributed by atoms with Crippen molar-refractivity contribution in [2.75, 3.05) is 13.1 Å². The van der Waals surface area contributed by atoms with Crippen LogP contribution in [0.15, 0.2) is 29.6 Å². The topological polar surface area (TPSA) is 33.2 Å².